The Morgan fingerprint density at radius 3 is 2.46 bits per heavy atom. The number of anilines is 1. The van der Waals surface area contributed by atoms with Gasteiger partial charge in [-0.15, -0.1) is 0 Å². The fourth-order valence-electron chi connectivity index (χ4n) is 3.75. The fraction of sp³-hybridized carbons (Fsp3) is 0.296. The summed E-state index contributed by atoms with van der Waals surface area (Å²) in [5.41, 5.74) is 4.80. The van der Waals surface area contributed by atoms with Crippen molar-refractivity contribution in [3.05, 3.63) is 93.6 Å². The monoisotopic (exact) mass is 494 g/mol. The fourth-order valence-corrected chi connectivity index (χ4v) is 3.98. The number of ether oxygens (including phenoxy) is 1. The maximum absolute atomic E-state index is 13.2. The van der Waals surface area contributed by atoms with Gasteiger partial charge in [-0.1, -0.05) is 23.7 Å². The molecule has 6 nitrogen and oxygen atoms in total. The molecule has 2 aromatic heterocycles. The predicted octanol–water partition coefficient (Wildman–Crippen LogP) is 5.91. The number of aromatic nitrogens is 3. The first-order chi connectivity index (χ1) is 16.5. The Bertz CT molecular complexity index is 1310. The Hall–Kier alpha value is -3.29. The van der Waals surface area contributed by atoms with Gasteiger partial charge in [0.05, 0.1) is 23.0 Å². The van der Waals surface area contributed by atoms with Crippen LogP contribution in [0.25, 0.3) is 11.4 Å². The molecule has 1 aliphatic heterocycles. The van der Waals surface area contributed by atoms with Crippen molar-refractivity contribution in [2.75, 3.05) is 11.4 Å². The lowest BCUT2D eigenvalue weighted by Crippen LogP contribution is -2.27. The minimum atomic E-state index is -1.16. The Balaban J connectivity index is 1.60. The molecule has 0 amide bonds. The van der Waals surface area contributed by atoms with Gasteiger partial charge in [0.15, 0.2) is 5.82 Å². The number of hydrogen-bond acceptors (Lipinski definition) is 6. The molecule has 1 N–H and O–H groups in total. The number of benzene rings is 1. The van der Waals surface area contributed by atoms with Crippen LogP contribution in [-0.4, -0.2) is 26.6 Å². The van der Waals surface area contributed by atoms with E-state index in [4.69, 9.17) is 16.3 Å². The van der Waals surface area contributed by atoms with Gasteiger partial charge in [0, 0.05) is 29.9 Å². The highest BCUT2D eigenvalue weighted by Gasteiger charge is 2.24. The summed E-state index contributed by atoms with van der Waals surface area (Å²) in [6.07, 6.45) is 5.41. The lowest BCUT2D eigenvalue weighted by atomic mass is 10.1. The van der Waals surface area contributed by atoms with Crippen LogP contribution in [0.2, 0.25) is 0 Å². The highest BCUT2D eigenvalue weighted by atomic mass is 35.5. The van der Waals surface area contributed by atoms with Crippen LogP contribution in [0.5, 0.6) is 0 Å². The van der Waals surface area contributed by atoms with Crippen LogP contribution in [0.1, 0.15) is 43.3 Å². The summed E-state index contributed by atoms with van der Waals surface area (Å²) in [6.45, 7) is 9.94. The number of hydrogen-bond donors (Lipinski definition) is 1. The normalized spacial score (nSPS) is 14.3. The Morgan fingerprint density at radius 1 is 1.09 bits per heavy atom. The van der Waals surface area contributed by atoms with Gasteiger partial charge in [-0.25, -0.2) is 14.4 Å². The number of pyridine rings is 1. The molecule has 4 rings (SSSR count). The highest BCUT2D eigenvalue weighted by molar-refractivity contribution is 6.30. The van der Waals surface area contributed by atoms with Crippen LogP contribution in [-0.2, 0) is 16.9 Å². The average Bonchev–Trinajstić information content (AvgIpc) is 2.80. The van der Waals surface area contributed by atoms with E-state index in [-0.39, 0.29) is 5.82 Å². The second kappa shape index (κ2) is 9.76. The van der Waals surface area contributed by atoms with Gasteiger partial charge in [0.25, 0.3) is 0 Å². The second-order valence-electron chi connectivity index (χ2n) is 9.20. The lowest BCUT2D eigenvalue weighted by molar-refractivity contribution is 0.0688. The maximum Gasteiger partial charge on any atom is 0.160 e. The molecule has 1 aliphatic rings. The maximum atomic E-state index is 13.2. The van der Waals surface area contributed by atoms with Crippen LogP contribution in [0.4, 0.5) is 10.1 Å². The molecule has 0 saturated heterocycles. The highest BCUT2D eigenvalue weighted by Crippen LogP contribution is 2.34. The Morgan fingerprint density at radius 2 is 1.77 bits per heavy atom. The largest absolute Gasteiger partial charge is 0.488 e. The number of allylic oxidation sites excluding steroid dienone is 2. The molecule has 0 fully saturated rings. The second-order valence-corrected chi connectivity index (χ2v) is 9.65. The molecular weight excluding hydrogens is 467 g/mol. The van der Waals surface area contributed by atoms with Crippen molar-refractivity contribution in [3.8, 4) is 11.4 Å². The quantitative estimate of drug-likeness (QED) is 0.459. The van der Waals surface area contributed by atoms with Crippen molar-refractivity contribution < 1.29 is 14.2 Å². The van der Waals surface area contributed by atoms with Gasteiger partial charge < -0.3 is 14.7 Å². The lowest BCUT2D eigenvalue weighted by Gasteiger charge is -2.31. The van der Waals surface area contributed by atoms with Crippen molar-refractivity contribution in [3.63, 3.8) is 0 Å². The molecule has 0 saturated carbocycles. The summed E-state index contributed by atoms with van der Waals surface area (Å²) >= 11 is 6.63. The van der Waals surface area contributed by atoms with Gasteiger partial charge in [0.2, 0.25) is 0 Å². The van der Waals surface area contributed by atoms with E-state index in [2.05, 4.69) is 19.9 Å². The van der Waals surface area contributed by atoms with Crippen molar-refractivity contribution in [2.24, 2.45) is 0 Å². The molecule has 8 heteroatoms. The third kappa shape index (κ3) is 5.52. The molecule has 0 spiro atoms. The minimum Gasteiger partial charge on any atom is -0.488 e. The number of aryl methyl sites for hydroxylation is 2. The van der Waals surface area contributed by atoms with E-state index < -0.39 is 5.60 Å². The van der Waals surface area contributed by atoms with Gasteiger partial charge in [-0.05, 0) is 69.5 Å². The van der Waals surface area contributed by atoms with Crippen LogP contribution in [0.3, 0.4) is 0 Å². The van der Waals surface area contributed by atoms with Gasteiger partial charge >= 0.3 is 0 Å². The molecule has 3 heterocycles. The summed E-state index contributed by atoms with van der Waals surface area (Å²) in [4.78, 5) is 15.6. The first-order valence-corrected chi connectivity index (χ1v) is 11.7. The van der Waals surface area contributed by atoms with E-state index >= 15 is 0 Å². The summed E-state index contributed by atoms with van der Waals surface area (Å²) in [5.74, 6) is 0.652. The van der Waals surface area contributed by atoms with E-state index in [9.17, 15) is 9.50 Å². The molecule has 0 unspecified atom stereocenters. The van der Waals surface area contributed by atoms with Crippen molar-refractivity contribution in [1.82, 2.24) is 15.0 Å². The van der Waals surface area contributed by atoms with Crippen molar-refractivity contribution in [1.29, 1.82) is 0 Å². The zero-order chi connectivity index (χ0) is 25.3. The van der Waals surface area contributed by atoms with Crippen molar-refractivity contribution in [2.45, 2.75) is 46.8 Å². The smallest absolute Gasteiger partial charge is 0.160 e. The third-order valence-corrected chi connectivity index (χ3v) is 6.07. The Labute approximate surface area is 209 Å². The first kappa shape index (κ1) is 24.8. The van der Waals surface area contributed by atoms with Crippen LogP contribution in [0, 0.1) is 19.7 Å². The predicted molar refractivity (Wildman–Crippen MR) is 135 cm³/mol. The number of aliphatic hydroxyl groups is 1. The Kier molecular flexibility index (Phi) is 6.92. The van der Waals surface area contributed by atoms with Gasteiger partial charge in [0.1, 0.15) is 23.8 Å². The van der Waals surface area contributed by atoms with Crippen LogP contribution < -0.4 is 4.90 Å². The molecular formula is C27H28ClFN4O2. The molecule has 182 valence electrons. The molecule has 0 aliphatic carbocycles. The first-order valence-electron chi connectivity index (χ1n) is 11.3. The standard InChI is InChI=1S/C27H28ClFN4O2/c1-16-12-30-22(25-17(2)13-31-26(32-25)27(4,5)34)11-23(16)33-14-21(28)24(10-18(33)3)35-15-19-6-8-20(29)9-7-19/h6-13,34H,14-15H2,1-5H3. The molecule has 3 aromatic rings. The summed E-state index contributed by atoms with van der Waals surface area (Å²) in [5, 5.41) is 10.9. The number of rotatable bonds is 6. The zero-order valence-corrected chi connectivity index (χ0v) is 21.2. The minimum absolute atomic E-state index is 0.282. The SMILES string of the molecule is CC1=CC(OCc2ccc(F)cc2)=C(Cl)CN1c1cc(-c2nc(C(C)(C)O)ncc2C)ncc1C. The van der Waals surface area contributed by atoms with E-state index in [1.165, 1.54) is 12.1 Å². The van der Waals surface area contributed by atoms with Crippen LogP contribution >= 0.6 is 11.6 Å². The zero-order valence-electron chi connectivity index (χ0n) is 20.4. The van der Waals surface area contributed by atoms with E-state index in [0.717, 1.165) is 28.1 Å². The number of nitrogens with zero attached hydrogens (tertiary/aromatic N) is 4. The summed E-state index contributed by atoms with van der Waals surface area (Å²) in [7, 11) is 0. The molecule has 1 aromatic carbocycles. The van der Waals surface area contributed by atoms with Gasteiger partial charge in [-0.3, -0.25) is 4.98 Å². The summed E-state index contributed by atoms with van der Waals surface area (Å²) < 4.78 is 19.1. The molecule has 0 bridgehead atoms. The number of halogens is 2. The molecule has 0 radical (unpaired) electrons. The van der Waals surface area contributed by atoms with E-state index in [1.54, 1.807) is 38.4 Å². The molecule has 35 heavy (non-hydrogen) atoms. The summed E-state index contributed by atoms with van der Waals surface area (Å²) in [6, 6.07) is 8.17. The van der Waals surface area contributed by atoms with Crippen molar-refractivity contribution >= 4 is 17.3 Å². The topological polar surface area (TPSA) is 71.4 Å². The van der Waals surface area contributed by atoms with Crippen LogP contribution in [0.15, 0.2) is 65.3 Å². The van der Waals surface area contributed by atoms with E-state index in [1.807, 2.05) is 32.9 Å². The third-order valence-electron chi connectivity index (χ3n) is 5.76. The molecule has 0 atom stereocenters. The van der Waals surface area contributed by atoms with E-state index in [0.29, 0.717) is 41.2 Å². The average molecular weight is 495 g/mol. The van der Waals surface area contributed by atoms with Gasteiger partial charge in [-0.2, -0.15) is 0 Å².